The molecule has 2 amide bonds. The first-order valence-electron chi connectivity index (χ1n) is 9.82. The minimum atomic E-state index is -1.18. The van der Waals surface area contributed by atoms with E-state index in [0.717, 1.165) is 18.2 Å². The molecular formula is C23H16N4O8. The number of amides is 2. The monoisotopic (exact) mass is 476 g/mol. The third kappa shape index (κ3) is 5.90. The van der Waals surface area contributed by atoms with Crippen LogP contribution in [0.5, 0.6) is 0 Å². The lowest BCUT2D eigenvalue weighted by atomic mass is 10.1. The second-order valence-electron chi connectivity index (χ2n) is 6.94. The van der Waals surface area contributed by atoms with E-state index in [2.05, 4.69) is 10.6 Å². The zero-order valence-corrected chi connectivity index (χ0v) is 17.7. The van der Waals surface area contributed by atoms with Crippen molar-refractivity contribution in [1.82, 2.24) is 0 Å². The molecule has 0 radical (unpaired) electrons. The van der Waals surface area contributed by atoms with E-state index in [1.54, 1.807) is 0 Å². The second kappa shape index (κ2) is 10.5. The molecule has 0 saturated carbocycles. The van der Waals surface area contributed by atoms with Crippen LogP contribution < -0.4 is 10.6 Å². The maximum Gasteiger partial charge on any atom is 0.335 e. The third-order valence-corrected chi connectivity index (χ3v) is 4.66. The molecule has 0 saturated heterocycles. The predicted molar refractivity (Wildman–Crippen MR) is 125 cm³/mol. The molecule has 3 aromatic carbocycles. The number of hydrogen-bond acceptors (Lipinski definition) is 7. The quantitative estimate of drug-likeness (QED) is 0.144. The molecule has 176 valence electrons. The van der Waals surface area contributed by atoms with E-state index >= 15 is 0 Å². The van der Waals surface area contributed by atoms with Gasteiger partial charge in [-0.25, -0.2) is 4.79 Å². The van der Waals surface area contributed by atoms with E-state index in [1.165, 1.54) is 60.7 Å². The number of nitrogens with one attached hydrogen (secondary N) is 2. The number of carboxylic acid groups (broad SMARTS) is 1. The van der Waals surface area contributed by atoms with Crippen LogP contribution in [0.4, 0.5) is 22.7 Å². The molecule has 0 unspecified atom stereocenters. The lowest BCUT2D eigenvalue weighted by molar-refractivity contribution is -0.384. The molecule has 35 heavy (non-hydrogen) atoms. The minimum absolute atomic E-state index is 0.0302. The van der Waals surface area contributed by atoms with Crippen molar-refractivity contribution in [2.45, 2.75) is 0 Å². The van der Waals surface area contributed by atoms with Crippen LogP contribution in [-0.4, -0.2) is 32.7 Å². The van der Waals surface area contributed by atoms with Crippen LogP contribution in [0.15, 0.2) is 78.4 Å². The number of carbonyl (C=O) groups excluding carboxylic acids is 2. The number of carboxylic acids is 1. The maximum absolute atomic E-state index is 13.0. The molecule has 0 aromatic heterocycles. The maximum atomic E-state index is 13.0. The van der Waals surface area contributed by atoms with Crippen molar-refractivity contribution in [2.24, 2.45) is 0 Å². The fourth-order valence-corrected chi connectivity index (χ4v) is 2.98. The number of hydrogen-bond donors (Lipinski definition) is 3. The minimum Gasteiger partial charge on any atom is -0.478 e. The molecule has 0 bridgehead atoms. The normalized spacial score (nSPS) is 10.1. The van der Waals surface area contributed by atoms with Crippen LogP contribution in [0.2, 0.25) is 0 Å². The van der Waals surface area contributed by atoms with Crippen molar-refractivity contribution in [3.05, 3.63) is 110 Å². The van der Waals surface area contributed by atoms with Crippen LogP contribution in [0.1, 0.15) is 15.9 Å². The molecule has 0 aliphatic heterocycles. The molecule has 0 aliphatic rings. The third-order valence-electron chi connectivity index (χ3n) is 4.66. The summed E-state index contributed by atoms with van der Waals surface area (Å²) < 4.78 is 0. The summed E-state index contributed by atoms with van der Waals surface area (Å²) in [4.78, 5) is 58.3. The van der Waals surface area contributed by atoms with Crippen LogP contribution in [0, 0.1) is 20.2 Å². The number of nitro benzene ring substituents is 2. The topological polar surface area (TPSA) is 182 Å². The molecule has 0 fully saturated rings. The van der Waals surface area contributed by atoms with Gasteiger partial charge in [0, 0.05) is 12.1 Å². The first-order valence-corrected chi connectivity index (χ1v) is 9.82. The smallest absolute Gasteiger partial charge is 0.335 e. The van der Waals surface area contributed by atoms with Crippen molar-refractivity contribution in [3.8, 4) is 0 Å². The van der Waals surface area contributed by atoms with Crippen LogP contribution in [-0.2, 0) is 9.59 Å². The summed E-state index contributed by atoms with van der Waals surface area (Å²) in [6.45, 7) is 0. The summed E-state index contributed by atoms with van der Waals surface area (Å²) in [5, 5.41) is 36.2. The van der Waals surface area contributed by atoms with E-state index in [1.807, 2.05) is 0 Å². The van der Waals surface area contributed by atoms with E-state index in [0.29, 0.717) is 0 Å². The van der Waals surface area contributed by atoms with Gasteiger partial charge in [0.25, 0.3) is 23.2 Å². The van der Waals surface area contributed by atoms with Gasteiger partial charge in [0.05, 0.1) is 15.4 Å². The Bertz CT molecular complexity index is 1290. The molecule has 0 atom stereocenters. The van der Waals surface area contributed by atoms with Gasteiger partial charge in [-0.2, -0.15) is 0 Å². The SMILES string of the molecule is O=C(Nc1ccccc1[N+](=O)[O-])C(=Cc1ccc(C(=O)O)cc1)C(=O)Nc1ccccc1[N+](=O)[O-]. The molecule has 3 rings (SSSR count). The van der Waals surface area contributed by atoms with Gasteiger partial charge in [0.2, 0.25) is 0 Å². The van der Waals surface area contributed by atoms with Gasteiger partial charge in [-0.1, -0.05) is 36.4 Å². The summed E-state index contributed by atoms with van der Waals surface area (Å²) in [7, 11) is 0. The summed E-state index contributed by atoms with van der Waals surface area (Å²) in [5.41, 5.74) is -1.47. The Labute approximate surface area is 196 Å². The molecule has 0 spiro atoms. The lowest BCUT2D eigenvalue weighted by Gasteiger charge is -2.11. The lowest BCUT2D eigenvalue weighted by Crippen LogP contribution is -2.26. The largest absolute Gasteiger partial charge is 0.478 e. The van der Waals surface area contributed by atoms with Gasteiger partial charge >= 0.3 is 5.97 Å². The first-order chi connectivity index (χ1) is 16.7. The second-order valence-corrected chi connectivity index (χ2v) is 6.94. The highest BCUT2D eigenvalue weighted by molar-refractivity contribution is 6.29. The summed E-state index contributed by atoms with van der Waals surface area (Å²) in [6.07, 6.45) is 1.12. The van der Waals surface area contributed by atoms with Gasteiger partial charge in [-0.15, -0.1) is 0 Å². The van der Waals surface area contributed by atoms with Gasteiger partial charge in [-0.05, 0) is 35.9 Å². The van der Waals surface area contributed by atoms with Crippen LogP contribution in [0.25, 0.3) is 6.08 Å². The van der Waals surface area contributed by atoms with Crippen molar-refractivity contribution in [3.63, 3.8) is 0 Å². The Morgan fingerprint density at radius 1 is 0.714 bits per heavy atom. The fraction of sp³-hybridized carbons (Fsp3) is 0. The highest BCUT2D eigenvalue weighted by atomic mass is 16.6. The van der Waals surface area contributed by atoms with E-state index < -0.39 is 44.6 Å². The molecule has 3 N–H and O–H groups in total. The standard InChI is InChI=1S/C23H16N4O8/c28-21(24-17-5-1-3-7-19(17)26(32)33)16(13-14-9-11-15(12-10-14)23(30)31)22(29)25-18-6-2-4-8-20(18)27(34)35/h1-13H,(H,24,28)(H,25,29)(H,30,31). The number of nitrogens with zero attached hydrogens (tertiary/aromatic N) is 2. The Hall–Kier alpha value is -5.39. The van der Waals surface area contributed by atoms with Gasteiger partial charge in [0.15, 0.2) is 0 Å². The molecule has 12 nitrogen and oxygen atoms in total. The number of rotatable bonds is 8. The van der Waals surface area contributed by atoms with Gasteiger partial charge in [-0.3, -0.25) is 29.8 Å². The first kappa shape index (κ1) is 24.3. The number of carbonyl (C=O) groups is 3. The Balaban J connectivity index is 2.01. The Kier molecular flexibility index (Phi) is 7.27. The Morgan fingerprint density at radius 2 is 1.14 bits per heavy atom. The number of nitro groups is 2. The number of para-hydroxylation sites is 4. The van der Waals surface area contributed by atoms with E-state index in [-0.39, 0.29) is 22.5 Å². The van der Waals surface area contributed by atoms with Crippen molar-refractivity contribution in [2.75, 3.05) is 10.6 Å². The predicted octanol–water partition coefficient (Wildman–Crippen LogP) is 3.86. The van der Waals surface area contributed by atoms with Crippen molar-refractivity contribution >= 4 is 46.6 Å². The van der Waals surface area contributed by atoms with Gasteiger partial charge in [0.1, 0.15) is 16.9 Å². The average molecular weight is 476 g/mol. The van der Waals surface area contributed by atoms with Gasteiger partial charge < -0.3 is 15.7 Å². The van der Waals surface area contributed by atoms with Crippen molar-refractivity contribution in [1.29, 1.82) is 0 Å². The molecule has 12 heteroatoms. The molecular weight excluding hydrogens is 460 g/mol. The molecule has 0 heterocycles. The molecule has 3 aromatic rings. The fourth-order valence-electron chi connectivity index (χ4n) is 2.98. The highest BCUT2D eigenvalue weighted by Gasteiger charge is 2.24. The summed E-state index contributed by atoms with van der Waals surface area (Å²) >= 11 is 0. The average Bonchev–Trinajstić information content (AvgIpc) is 2.83. The van der Waals surface area contributed by atoms with Crippen molar-refractivity contribution < 1.29 is 29.3 Å². The molecule has 0 aliphatic carbocycles. The van der Waals surface area contributed by atoms with Crippen LogP contribution >= 0.6 is 0 Å². The highest BCUT2D eigenvalue weighted by Crippen LogP contribution is 2.26. The number of benzene rings is 3. The number of aromatic carboxylic acids is 1. The zero-order chi connectivity index (χ0) is 25.5. The summed E-state index contributed by atoms with van der Waals surface area (Å²) in [5.74, 6) is -3.24. The zero-order valence-electron chi connectivity index (χ0n) is 17.7. The number of anilines is 2. The van der Waals surface area contributed by atoms with E-state index in [4.69, 9.17) is 5.11 Å². The van der Waals surface area contributed by atoms with Crippen LogP contribution in [0.3, 0.4) is 0 Å². The van der Waals surface area contributed by atoms with E-state index in [9.17, 15) is 34.6 Å². The Morgan fingerprint density at radius 3 is 1.54 bits per heavy atom. The summed E-state index contributed by atoms with van der Waals surface area (Å²) in [6, 6.07) is 15.8.